The number of halogens is 1. The van der Waals surface area contributed by atoms with Crippen LogP contribution >= 0.6 is 0 Å². The van der Waals surface area contributed by atoms with E-state index in [0.717, 1.165) is 19.3 Å². The van der Waals surface area contributed by atoms with E-state index >= 15 is 0 Å². The van der Waals surface area contributed by atoms with Crippen LogP contribution in [0.5, 0.6) is 0 Å². The highest BCUT2D eigenvalue weighted by atomic mass is 19.1. The number of aryl methyl sites for hydroxylation is 1. The van der Waals surface area contributed by atoms with E-state index in [4.69, 9.17) is 0 Å². The lowest BCUT2D eigenvalue weighted by atomic mass is 9.93. The molecule has 0 amide bonds. The lowest BCUT2D eigenvalue weighted by Crippen LogP contribution is -2.27. The van der Waals surface area contributed by atoms with Crippen molar-refractivity contribution < 1.29 is 4.39 Å². The van der Waals surface area contributed by atoms with Gasteiger partial charge >= 0.3 is 0 Å². The van der Waals surface area contributed by atoms with Crippen LogP contribution in [0, 0.1) is 5.82 Å². The third kappa shape index (κ3) is 3.01. The molecule has 0 aliphatic heterocycles. The van der Waals surface area contributed by atoms with Crippen LogP contribution in [-0.4, -0.2) is 31.0 Å². The van der Waals surface area contributed by atoms with Gasteiger partial charge in [-0.3, -0.25) is 9.97 Å². The Labute approximate surface area is 154 Å². The lowest BCUT2D eigenvalue weighted by Gasteiger charge is -2.24. The lowest BCUT2D eigenvalue weighted by molar-refractivity contribution is 0.604. The number of fused-ring (bicyclic) bond motifs is 2. The van der Waals surface area contributed by atoms with Crippen molar-refractivity contribution in [2.75, 3.05) is 5.32 Å². The van der Waals surface area contributed by atoms with E-state index < -0.39 is 5.82 Å². The van der Waals surface area contributed by atoms with Gasteiger partial charge in [-0.05, 0) is 49.1 Å². The van der Waals surface area contributed by atoms with Crippen LogP contribution in [0.2, 0.25) is 0 Å². The molecule has 7 heteroatoms. The molecule has 27 heavy (non-hydrogen) atoms. The molecule has 0 bridgehead atoms. The third-order valence-corrected chi connectivity index (χ3v) is 4.90. The van der Waals surface area contributed by atoms with Gasteiger partial charge in [0.15, 0.2) is 11.6 Å². The SMILES string of the molecule is Fc1cncc(-c2nc(NC3CCc4[nH]ccc4C3)c3ncccc3n2)c1. The van der Waals surface area contributed by atoms with Crippen LogP contribution < -0.4 is 5.32 Å². The molecule has 0 aromatic carbocycles. The number of nitrogens with zero attached hydrogens (tertiary/aromatic N) is 4. The Kier molecular flexibility index (Phi) is 3.78. The maximum atomic E-state index is 13.6. The van der Waals surface area contributed by atoms with E-state index in [9.17, 15) is 4.39 Å². The van der Waals surface area contributed by atoms with Gasteiger partial charge in [-0.2, -0.15) is 0 Å². The Morgan fingerprint density at radius 3 is 3.07 bits per heavy atom. The largest absolute Gasteiger partial charge is 0.365 e. The molecule has 4 heterocycles. The van der Waals surface area contributed by atoms with Crippen molar-refractivity contribution in [2.24, 2.45) is 0 Å². The van der Waals surface area contributed by atoms with Crippen LogP contribution in [0.3, 0.4) is 0 Å². The summed E-state index contributed by atoms with van der Waals surface area (Å²) in [4.78, 5) is 20.9. The van der Waals surface area contributed by atoms with Gasteiger partial charge in [0, 0.05) is 35.9 Å². The fourth-order valence-electron chi connectivity index (χ4n) is 3.59. The van der Waals surface area contributed by atoms with Gasteiger partial charge in [0.05, 0.1) is 11.7 Å². The van der Waals surface area contributed by atoms with Crippen molar-refractivity contribution in [1.29, 1.82) is 0 Å². The van der Waals surface area contributed by atoms with Crippen molar-refractivity contribution in [2.45, 2.75) is 25.3 Å². The average molecular weight is 360 g/mol. The maximum Gasteiger partial charge on any atom is 0.163 e. The zero-order chi connectivity index (χ0) is 18.2. The Morgan fingerprint density at radius 1 is 1.19 bits per heavy atom. The van der Waals surface area contributed by atoms with Gasteiger partial charge in [-0.25, -0.2) is 14.4 Å². The topological polar surface area (TPSA) is 79.4 Å². The van der Waals surface area contributed by atoms with Crippen molar-refractivity contribution in [1.82, 2.24) is 24.9 Å². The first-order valence-electron chi connectivity index (χ1n) is 8.91. The summed E-state index contributed by atoms with van der Waals surface area (Å²) in [6.45, 7) is 0. The standard InChI is InChI=1S/C20H17FN6/c21-14-8-13(10-22-11-14)19-26-17-2-1-6-24-18(17)20(27-19)25-15-3-4-16-12(9-15)5-7-23-16/h1-2,5-8,10-11,15,23H,3-4,9H2,(H,25,26,27). The molecule has 4 aromatic heterocycles. The summed E-state index contributed by atoms with van der Waals surface area (Å²) < 4.78 is 13.6. The van der Waals surface area contributed by atoms with Crippen molar-refractivity contribution in [3.05, 3.63) is 66.1 Å². The van der Waals surface area contributed by atoms with E-state index in [2.05, 4.69) is 36.3 Å². The molecule has 0 fully saturated rings. The predicted molar refractivity (Wildman–Crippen MR) is 101 cm³/mol. The predicted octanol–water partition coefficient (Wildman–Crippen LogP) is 3.52. The summed E-state index contributed by atoms with van der Waals surface area (Å²) in [5.74, 6) is 0.691. The van der Waals surface area contributed by atoms with E-state index in [0.29, 0.717) is 28.2 Å². The molecule has 0 saturated carbocycles. The second kappa shape index (κ2) is 6.42. The van der Waals surface area contributed by atoms with E-state index in [1.165, 1.54) is 23.5 Å². The molecule has 134 valence electrons. The minimum atomic E-state index is -0.413. The zero-order valence-corrected chi connectivity index (χ0v) is 14.5. The fraction of sp³-hybridized carbons (Fsp3) is 0.200. The maximum absolute atomic E-state index is 13.6. The molecule has 0 saturated heterocycles. The van der Waals surface area contributed by atoms with Crippen LogP contribution in [-0.2, 0) is 12.8 Å². The molecule has 1 aliphatic carbocycles. The number of aromatic amines is 1. The second-order valence-corrected chi connectivity index (χ2v) is 6.72. The van der Waals surface area contributed by atoms with E-state index in [1.807, 2.05) is 18.3 Å². The number of hydrogen-bond donors (Lipinski definition) is 2. The Balaban J connectivity index is 1.55. The molecule has 5 rings (SSSR count). The monoisotopic (exact) mass is 360 g/mol. The highest BCUT2D eigenvalue weighted by Crippen LogP contribution is 2.27. The first kappa shape index (κ1) is 15.9. The fourth-order valence-corrected chi connectivity index (χ4v) is 3.59. The summed E-state index contributed by atoms with van der Waals surface area (Å²) in [6, 6.07) is 7.49. The zero-order valence-electron chi connectivity index (χ0n) is 14.5. The Hall–Kier alpha value is -3.35. The third-order valence-electron chi connectivity index (χ3n) is 4.90. The molecule has 0 radical (unpaired) electrons. The molecule has 2 N–H and O–H groups in total. The normalized spacial score (nSPS) is 16.3. The number of nitrogens with one attached hydrogen (secondary N) is 2. The van der Waals surface area contributed by atoms with Crippen molar-refractivity contribution in [3.63, 3.8) is 0 Å². The molecular weight excluding hydrogens is 343 g/mol. The highest BCUT2D eigenvalue weighted by Gasteiger charge is 2.21. The first-order valence-corrected chi connectivity index (χ1v) is 8.91. The van der Waals surface area contributed by atoms with Crippen LogP contribution in [0.4, 0.5) is 10.2 Å². The van der Waals surface area contributed by atoms with Gasteiger partial charge in [-0.15, -0.1) is 0 Å². The Bertz CT molecular complexity index is 1120. The number of pyridine rings is 2. The van der Waals surface area contributed by atoms with Gasteiger partial charge in [0.25, 0.3) is 0 Å². The van der Waals surface area contributed by atoms with Gasteiger partial charge in [0.2, 0.25) is 0 Å². The van der Waals surface area contributed by atoms with E-state index in [1.54, 1.807) is 12.4 Å². The van der Waals surface area contributed by atoms with Crippen LogP contribution in [0.1, 0.15) is 17.7 Å². The average Bonchev–Trinajstić information content (AvgIpc) is 3.16. The highest BCUT2D eigenvalue weighted by molar-refractivity contribution is 5.86. The molecule has 1 aliphatic rings. The number of H-pyrrole nitrogens is 1. The summed E-state index contributed by atoms with van der Waals surface area (Å²) >= 11 is 0. The number of hydrogen-bond acceptors (Lipinski definition) is 5. The molecular formula is C20H17FN6. The van der Waals surface area contributed by atoms with Gasteiger partial charge in [0.1, 0.15) is 11.3 Å². The molecule has 1 unspecified atom stereocenters. The van der Waals surface area contributed by atoms with Crippen LogP contribution in [0.15, 0.2) is 49.1 Å². The summed E-state index contributed by atoms with van der Waals surface area (Å²) in [6.07, 6.45) is 9.38. The summed E-state index contributed by atoms with van der Waals surface area (Å²) in [7, 11) is 0. The van der Waals surface area contributed by atoms with Crippen LogP contribution in [0.25, 0.3) is 22.4 Å². The number of aromatic nitrogens is 5. The smallest absolute Gasteiger partial charge is 0.163 e. The molecule has 1 atom stereocenters. The Morgan fingerprint density at radius 2 is 2.15 bits per heavy atom. The minimum Gasteiger partial charge on any atom is -0.365 e. The van der Waals surface area contributed by atoms with E-state index in [-0.39, 0.29) is 6.04 Å². The summed E-state index contributed by atoms with van der Waals surface area (Å²) in [5.41, 5.74) is 4.61. The quantitative estimate of drug-likeness (QED) is 0.584. The van der Waals surface area contributed by atoms with Gasteiger partial charge < -0.3 is 10.3 Å². The van der Waals surface area contributed by atoms with Crippen molar-refractivity contribution >= 4 is 16.9 Å². The minimum absolute atomic E-state index is 0.256. The van der Waals surface area contributed by atoms with Gasteiger partial charge in [-0.1, -0.05) is 0 Å². The number of rotatable bonds is 3. The molecule has 0 spiro atoms. The molecule has 6 nitrogen and oxygen atoms in total. The first-order chi connectivity index (χ1) is 13.3. The number of anilines is 1. The second-order valence-electron chi connectivity index (χ2n) is 6.72. The molecule has 4 aromatic rings. The summed E-state index contributed by atoms with van der Waals surface area (Å²) in [5, 5.41) is 3.54. The van der Waals surface area contributed by atoms with Crippen molar-refractivity contribution in [3.8, 4) is 11.4 Å².